The summed E-state index contributed by atoms with van der Waals surface area (Å²) in [6.07, 6.45) is 1.39. The number of ether oxygens (including phenoxy) is 1. The Balaban J connectivity index is 1.96. The van der Waals surface area contributed by atoms with Gasteiger partial charge in [-0.1, -0.05) is 24.3 Å². The van der Waals surface area contributed by atoms with Crippen LogP contribution < -0.4 is 10.8 Å². The van der Waals surface area contributed by atoms with Crippen LogP contribution in [0.2, 0.25) is 0 Å². The molecule has 0 aliphatic carbocycles. The normalized spacial score (nSPS) is 11.8. The lowest BCUT2D eigenvalue weighted by Gasteiger charge is -2.18. The van der Waals surface area contributed by atoms with Gasteiger partial charge in [0.25, 0.3) is 5.91 Å². The number of hydrogen-bond donors (Lipinski definition) is 3. The lowest BCUT2D eigenvalue weighted by Crippen LogP contribution is -2.43. The van der Waals surface area contributed by atoms with E-state index in [4.69, 9.17) is 4.74 Å². The first-order chi connectivity index (χ1) is 14.3. The number of benzene rings is 2. The molecule has 7 nitrogen and oxygen atoms in total. The number of amides is 1. The zero-order chi connectivity index (χ0) is 21.8. The van der Waals surface area contributed by atoms with E-state index in [9.17, 15) is 28.4 Å². The Morgan fingerprint density at radius 2 is 1.83 bits per heavy atom. The first-order valence-electron chi connectivity index (χ1n) is 8.88. The molecule has 154 valence electrons. The van der Waals surface area contributed by atoms with Gasteiger partial charge in [0.05, 0.1) is 12.6 Å². The number of pyridine rings is 1. The number of rotatable bonds is 6. The minimum atomic E-state index is -1.75. The van der Waals surface area contributed by atoms with Crippen molar-refractivity contribution < 1.29 is 33.2 Å². The van der Waals surface area contributed by atoms with E-state index in [-0.39, 0.29) is 11.9 Å². The van der Waals surface area contributed by atoms with Crippen molar-refractivity contribution in [2.45, 2.75) is 12.5 Å². The van der Waals surface area contributed by atoms with Gasteiger partial charge < -0.3 is 20.1 Å². The number of carbonyl (C=O) groups is 2. The molecule has 1 unspecified atom stereocenters. The number of fused-ring (bicyclic) bond motifs is 1. The molecule has 1 atom stereocenters. The van der Waals surface area contributed by atoms with Gasteiger partial charge in [-0.15, -0.1) is 0 Å². The highest BCUT2D eigenvalue weighted by Crippen LogP contribution is 2.19. The predicted molar refractivity (Wildman–Crippen MR) is 105 cm³/mol. The summed E-state index contributed by atoms with van der Waals surface area (Å²) in [6.45, 7) is 0. The minimum Gasteiger partial charge on any atom is -0.467 e. The van der Waals surface area contributed by atoms with Gasteiger partial charge in [-0.05, 0) is 23.8 Å². The molecule has 0 saturated heterocycles. The zero-order valence-electron chi connectivity index (χ0n) is 15.8. The highest BCUT2D eigenvalue weighted by atomic mass is 19.1. The number of carbonyl (C=O) groups excluding carboxylic acids is 2. The second kappa shape index (κ2) is 8.97. The Hall–Kier alpha value is -3.37. The van der Waals surface area contributed by atoms with E-state index >= 15 is 0 Å². The zero-order valence-corrected chi connectivity index (χ0v) is 15.8. The fourth-order valence-electron chi connectivity index (χ4n) is 3.14. The highest BCUT2D eigenvalue weighted by Gasteiger charge is 2.27. The first-order valence-corrected chi connectivity index (χ1v) is 8.88. The third kappa shape index (κ3) is 4.29. The summed E-state index contributed by atoms with van der Waals surface area (Å²) in [5.74, 6) is -4.05. The molecule has 30 heavy (non-hydrogen) atoms. The highest BCUT2D eigenvalue weighted by molar-refractivity contribution is 6.61. The van der Waals surface area contributed by atoms with Crippen LogP contribution >= 0.6 is 0 Å². The molecule has 0 aliphatic heterocycles. The summed E-state index contributed by atoms with van der Waals surface area (Å²) in [4.78, 5) is 28.8. The molecule has 3 aromatic rings. The fraction of sp³-hybridized carbons (Fsp3) is 0.150. The van der Waals surface area contributed by atoms with Crippen LogP contribution in [0.25, 0.3) is 10.9 Å². The Labute approximate surface area is 170 Å². The summed E-state index contributed by atoms with van der Waals surface area (Å²) in [7, 11) is -0.632. The van der Waals surface area contributed by atoms with Crippen molar-refractivity contribution in [1.29, 1.82) is 0 Å². The smallest absolute Gasteiger partial charge is 0.467 e. The molecular weight excluding hydrogens is 397 g/mol. The number of esters is 1. The van der Waals surface area contributed by atoms with Gasteiger partial charge in [-0.3, -0.25) is 9.78 Å². The Kier molecular flexibility index (Phi) is 6.39. The number of nitrogens with zero attached hydrogens (tertiary/aromatic N) is 1. The fourth-order valence-corrected chi connectivity index (χ4v) is 3.14. The summed E-state index contributed by atoms with van der Waals surface area (Å²) < 4.78 is 32.6. The summed E-state index contributed by atoms with van der Waals surface area (Å²) in [6, 6.07) is 8.00. The van der Waals surface area contributed by atoms with Crippen LogP contribution in [0.3, 0.4) is 0 Å². The van der Waals surface area contributed by atoms with E-state index in [1.165, 1.54) is 12.3 Å². The van der Waals surface area contributed by atoms with Gasteiger partial charge in [0.15, 0.2) is 0 Å². The molecule has 0 spiro atoms. The molecule has 1 amide bonds. The van der Waals surface area contributed by atoms with Crippen molar-refractivity contribution in [3.05, 3.63) is 71.4 Å². The van der Waals surface area contributed by atoms with Crippen molar-refractivity contribution >= 4 is 35.4 Å². The number of nitrogens with one attached hydrogen (secondary N) is 1. The van der Waals surface area contributed by atoms with Crippen molar-refractivity contribution in [1.82, 2.24) is 10.3 Å². The molecule has 1 heterocycles. The summed E-state index contributed by atoms with van der Waals surface area (Å²) in [5, 5.41) is 21.9. The van der Waals surface area contributed by atoms with Crippen molar-refractivity contribution in [2.24, 2.45) is 0 Å². The Morgan fingerprint density at radius 3 is 2.47 bits per heavy atom. The molecule has 0 bridgehead atoms. The average molecular weight is 414 g/mol. The van der Waals surface area contributed by atoms with Crippen molar-refractivity contribution in [3.8, 4) is 0 Å². The second-order valence-electron chi connectivity index (χ2n) is 6.44. The van der Waals surface area contributed by atoms with Crippen LogP contribution in [0, 0.1) is 11.6 Å². The molecule has 2 aromatic carbocycles. The van der Waals surface area contributed by atoms with Gasteiger partial charge in [0, 0.05) is 23.5 Å². The number of aromatic nitrogens is 1. The minimum absolute atomic E-state index is 0.0848. The van der Waals surface area contributed by atoms with Gasteiger partial charge in [-0.25, -0.2) is 13.6 Å². The van der Waals surface area contributed by atoms with Crippen LogP contribution in [0.5, 0.6) is 0 Å². The van der Waals surface area contributed by atoms with Crippen molar-refractivity contribution in [2.75, 3.05) is 7.11 Å². The molecular formula is C20H17BF2N2O5. The monoisotopic (exact) mass is 414 g/mol. The lowest BCUT2D eigenvalue weighted by atomic mass is 9.77. The maximum atomic E-state index is 13.9. The van der Waals surface area contributed by atoms with E-state index in [1.54, 1.807) is 18.2 Å². The molecule has 0 fully saturated rings. The van der Waals surface area contributed by atoms with E-state index < -0.39 is 42.2 Å². The number of methoxy groups -OCH3 is 1. The Bertz CT molecular complexity index is 1090. The van der Waals surface area contributed by atoms with E-state index in [2.05, 4.69) is 10.3 Å². The molecule has 1 aromatic heterocycles. The van der Waals surface area contributed by atoms with Crippen LogP contribution in [0.4, 0.5) is 8.78 Å². The molecule has 0 saturated carbocycles. The third-order valence-electron chi connectivity index (χ3n) is 4.57. The molecule has 3 rings (SSSR count). The summed E-state index contributed by atoms with van der Waals surface area (Å²) in [5.41, 5.74) is 0.199. The van der Waals surface area contributed by atoms with Gasteiger partial charge >= 0.3 is 13.1 Å². The van der Waals surface area contributed by atoms with Gasteiger partial charge in [-0.2, -0.15) is 0 Å². The summed E-state index contributed by atoms with van der Waals surface area (Å²) >= 11 is 0. The quantitative estimate of drug-likeness (QED) is 0.405. The van der Waals surface area contributed by atoms with Crippen LogP contribution in [-0.2, 0) is 16.0 Å². The average Bonchev–Trinajstić information content (AvgIpc) is 2.72. The van der Waals surface area contributed by atoms with Crippen LogP contribution in [0.1, 0.15) is 15.9 Å². The lowest BCUT2D eigenvalue weighted by molar-refractivity contribution is -0.142. The van der Waals surface area contributed by atoms with Crippen molar-refractivity contribution in [3.63, 3.8) is 0 Å². The van der Waals surface area contributed by atoms with E-state index in [0.717, 1.165) is 25.3 Å². The standard InChI is InChI=1S/C20H17BF2N2O5/c1-30-20(27)16(25-19(26)17-14(22)5-2-6-15(17)23)10-11-7-8-13(21(28)29)18-12(11)4-3-9-24-18/h2-9,16,28-29H,10H2,1H3,(H,25,26). The maximum absolute atomic E-state index is 13.9. The number of hydrogen-bond acceptors (Lipinski definition) is 6. The van der Waals surface area contributed by atoms with E-state index in [1.807, 2.05) is 0 Å². The largest absolute Gasteiger partial charge is 0.490 e. The molecule has 10 heteroatoms. The Morgan fingerprint density at radius 1 is 1.13 bits per heavy atom. The number of halogens is 2. The van der Waals surface area contributed by atoms with Crippen LogP contribution in [0.15, 0.2) is 48.7 Å². The van der Waals surface area contributed by atoms with Gasteiger partial charge in [0.2, 0.25) is 0 Å². The topological polar surface area (TPSA) is 109 Å². The molecule has 0 aliphatic rings. The second-order valence-corrected chi connectivity index (χ2v) is 6.44. The maximum Gasteiger partial charge on any atom is 0.490 e. The van der Waals surface area contributed by atoms with E-state index in [0.29, 0.717) is 16.5 Å². The van der Waals surface area contributed by atoms with Gasteiger partial charge in [0.1, 0.15) is 23.2 Å². The third-order valence-corrected chi connectivity index (χ3v) is 4.57. The predicted octanol–water partition coefficient (Wildman–Crippen LogP) is 0.707. The molecule has 0 radical (unpaired) electrons. The van der Waals surface area contributed by atoms with Crippen LogP contribution in [-0.4, -0.2) is 47.2 Å². The molecule has 3 N–H and O–H groups in total. The first kappa shape index (κ1) is 21.3. The SMILES string of the molecule is COC(=O)C(Cc1ccc(B(O)O)c2ncccc12)NC(=O)c1c(F)cccc1F.